The van der Waals surface area contributed by atoms with E-state index in [1.165, 1.54) is 5.56 Å². The van der Waals surface area contributed by atoms with E-state index in [0.717, 1.165) is 57.2 Å². The maximum Gasteiger partial charge on any atom is 0.225 e. The Morgan fingerprint density at radius 3 is 2.52 bits per heavy atom. The predicted molar refractivity (Wildman–Crippen MR) is 96.6 cm³/mol. The van der Waals surface area contributed by atoms with E-state index in [2.05, 4.69) is 36.9 Å². The molecule has 2 aliphatic rings. The van der Waals surface area contributed by atoms with Gasteiger partial charge in [0.2, 0.25) is 5.95 Å². The normalized spacial score (nSPS) is 24.6. The molecule has 2 saturated heterocycles. The van der Waals surface area contributed by atoms with Crippen LogP contribution >= 0.6 is 0 Å². The lowest BCUT2D eigenvalue weighted by atomic mass is 9.99. The summed E-state index contributed by atoms with van der Waals surface area (Å²) in [5.41, 5.74) is 2.41. The Morgan fingerprint density at radius 1 is 1.08 bits per heavy atom. The summed E-state index contributed by atoms with van der Waals surface area (Å²) in [6.45, 7) is 6.72. The average molecular weight is 339 g/mol. The Hall–Kier alpha value is -2.05. The molecule has 2 fully saturated rings. The summed E-state index contributed by atoms with van der Waals surface area (Å²) < 4.78 is 5.55. The monoisotopic (exact) mass is 339 g/mol. The zero-order valence-electron chi connectivity index (χ0n) is 14.7. The number of aromatic nitrogens is 3. The molecule has 2 aliphatic heterocycles. The highest BCUT2D eigenvalue weighted by Gasteiger charge is 2.39. The van der Waals surface area contributed by atoms with Crippen molar-refractivity contribution >= 4 is 5.95 Å². The standard InChI is InChI=1S/C19H25N5O/c1-15-13-21-19(22-14-15)24-7-4-17(23-8-10-25-11-9-23)18(24)12-16-2-5-20-6-3-16/h2-3,5-6,13-14,17-18H,4,7-12H2,1H3/t17-,18+/m0/s1. The van der Waals surface area contributed by atoms with Crippen LogP contribution in [-0.2, 0) is 11.2 Å². The molecule has 0 saturated carbocycles. The van der Waals surface area contributed by atoms with Crippen LogP contribution in [0.15, 0.2) is 36.9 Å². The summed E-state index contributed by atoms with van der Waals surface area (Å²) in [6.07, 6.45) is 9.71. The number of ether oxygens (including phenoxy) is 1. The lowest BCUT2D eigenvalue weighted by molar-refractivity contribution is 0.0149. The first-order valence-corrected chi connectivity index (χ1v) is 9.07. The molecule has 6 heteroatoms. The molecule has 0 amide bonds. The Morgan fingerprint density at radius 2 is 1.80 bits per heavy atom. The second kappa shape index (κ2) is 7.45. The van der Waals surface area contributed by atoms with Crippen LogP contribution in [0.2, 0.25) is 0 Å². The second-order valence-corrected chi connectivity index (χ2v) is 6.89. The van der Waals surface area contributed by atoms with E-state index in [0.29, 0.717) is 12.1 Å². The number of nitrogens with zero attached hydrogens (tertiary/aromatic N) is 5. The number of anilines is 1. The van der Waals surface area contributed by atoms with Crippen LogP contribution in [0.4, 0.5) is 5.95 Å². The van der Waals surface area contributed by atoms with Crippen molar-refractivity contribution in [2.75, 3.05) is 37.7 Å². The number of aryl methyl sites for hydroxylation is 1. The topological polar surface area (TPSA) is 54.4 Å². The van der Waals surface area contributed by atoms with Gasteiger partial charge in [0.15, 0.2) is 0 Å². The second-order valence-electron chi connectivity index (χ2n) is 6.89. The van der Waals surface area contributed by atoms with Crippen LogP contribution in [0.25, 0.3) is 0 Å². The van der Waals surface area contributed by atoms with E-state index in [9.17, 15) is 0 Å². The van der Waals surface area contributed by atoms with Gasteiger partial charge in [-0.1, -0.05) is 0 Å². The first-order valence-electron chi connectivity index (χ1n) is 9.07. The molecule has 4 rings (SSSR count). The molecule has 0 bridgehead atoms. The molecule has 0 N–H and O–H groups in total. The summed E-state index contributed by atoms with van der Waals surface area (Å²) in [5.74, 6) is 0.848. The van der Waals surface area contributed by atoms with Crippen LogP contribution in [0.1, 0.15) is 17.5 Å². The van der Waals surface area contributed by atoms with Crippen molar-refractivity contribution in [3.05, 3.63) is 48.0 Å². The third kappa shape index (κ3) is 3.65. The third-order valence-electron chi connectivity index (χ3n) is 5.24. The van der Waals surface area contributed by atoms with Crippen LogP contribution in [0.5, 0.6) is 0 Å². The van der Waals surface area contributed by atoms with Crippen molar-refractivity contribution in [2.24, 2.45) is 0 Å². The Kier molecular flexibility index (Phi) is 4.90. The third-order valence-corrected chi connectivity index (χ3v) is 5.24. The van der Waals surface area contributed by atoms with Gasteiger partial charge in [0, 0.05) is 50.5 Å². The Bertz CT molecular complexity index is 672. The van der Waals surface area contributed by atoms with Crippen molar-refractivity contribution in [3.63, 3.8) is 0 Å². The van der Waals surface area contributed by atoms with Gasteiger partial charge in [0.05, 0.1) is 19.3 Å². The van der Waals surface area contributed by atoms with Crippen molar-refractivity contribution < 1.29 is 4.74 Å². The zero-order valence-corrected chi connectivity index (χ0v) is 14.7. The van der Waals surface area contributed by atoms with E-state index >= 15 is 0 Å². The van der Waals surface area contributed by atoms with Gasteiger partial charge in [-0.15, -0.1) is 0 Å². The van der Waals surface area contributed by atoms with Crippen LogP contribution in [-0.4, -0.2) is 64.8 Å². The van der Waals surface area contributed by atoms with Crippen LogP contribution in [0.3, 0.4) is 0 Å². The van der Waals surface area contributed by atoms with Gasteiger partial charge in [-0.3, -0.25) is 9.88 Å². The van der Waals surface area contributed by atoms with Gasteiger partial charge >= 0.3 is 0 Å². The number of rotatable bonds is 4. The van der Waals surface area contributed by atoms with Crippen LogP contribution < -0.4 is 4.90 Å². The van der Waals surface area contributed by atoms with Gasteiger partial charge in [0.1, 0.15) is 0 Å². The molecule has 0 radical (unpaired) electrons. The molecule has 6 nitrogen and oxygen atoms in total. The zero-order chi connectivity index (χ0) is 17.1. The fraction of sp³-hybridized carbons (Fsp3) is 0.526. The van der Waals surface area contributed by atoms with Crippen molar-refractivity contribution in [1.82, 2.24) is 19.9 Å². The fourth-order valence-corrected chi connectivity index (χ4v) is 3.96. The predicted octanol–water partition coefficient (Wildman–Crippen LogP) is 1.70. The molecule has 2 aromatic heterocycles. The van der Waals surface area contributed by atoms with Gasteiger partial charge in [-0.25, -0.2) is 9.97 Å². The number of pyridine rings is 1. The highest BCUT2D eigenvalue weighted by Crippen LogP contribution is 2.29. The molecule has 0 aromatic carbocycles. The average Bonchev–Trinajstić information content (AvgIpc) is 3.07. The highest BCUT2D eigenvalue weighted by molar-refractivity contribution is 5.36. The van der Waals surface area contributed by atoms with Crippen molar-refractivity contribution in [2.45, 2.75) is 31.8 Å². The quantitative estimate of drug-likeness (QED) is 0.845. The van der Waals surface area contributed by atoms with E-state index in [4.69, 9.17) is 4.74 Å². The molecule has 0 unspecified atom stereocenters. The molecular weight excluding hydrogens is 314 g/mol. The van der Waals surface area contributed by atoms with E-state index in [1.54, 1.807) is 0 Å². The van der Waals surface area contributed by atoms with Gasteiger partial charge in [0.25, 0.3) is 0 Å². The molecule has 2 atom stereocenters. The minimum atomic E-state index is 0.378. The van der Waals surface area contributed by atoms with Gasteiger partial charge in [-0.05, 0) is 43.0 Å². The maximum atomic E-state index is 5.55. The molecule has 25 heavy (non-hydrogen) atoms. The molecule has 4 heterocycles. The molecule has 2 aromatic rings. The molecule has 0 aliphatic carbocycles. The summed E-state index contributed by atoms with van der Waals surface area (Å²) in [5, 5.41) is 0. The molecular formula is C19H25N5O. The summed E-state index contributed by atoms with van der Waals surface area (Å²) >= 11 is 0. The smallest absolute Gasteiger partial charge is 0.225 e. The fourth-order valence-electron chi connectivity index (χ4n) is 3.96. The first-order chi connectivity index (χ1) is 12.3. The Balaban J connectivity index is 1.60. The summed E-state index contributed by atoms with van der Waals surface area (Å²) in [6, 6.07) is 5.12. The number of hydrogen-bond donors (Lipinski definition) is 0. The van der Waals surface area contributed by atoms with E-state index in [1.807, 2.05) is 31.7 Å². The minimum Gasteiger partial charge on any atom is -0.379 e. The number of morpholine rings is 1. The number of hydrogen-bond acceptors (Lipinski definition) is 6. The molecule has 132 valence electrons. The van der Waals surface area contributed by atoms with Crippen molar-refractivity contribution in [3.8, 4) is 0 Å². The Labute approximate surface area is 148 Å². The maximum absolute atomic E-state index is 5.55. The summed E-state index contributed by atoms with van der Waals surface area (Å²) in [4.78, 5) is 18.3. The van der Waals surface area contributed by atoms with Crippen molar-refractivity contribution in [1.29, 1.82) is 0 Å². The SMILES string of the molecule is Cc1cnc(N2CC[C@H](N3CCOCC3)[C@H]2Cc2ccncc2)nc1. The minimum absolute atomic E-state index is 0.378. The van der Waals surface area contributed by atoms with E-state index < -0.39 is 0 Å². The van der Waals surface area contributed by atoms with E-state index in [-0.39, 0.29) is 0 Å². The highest BCUT2D eigenvalue weighted by atomic mass is 16.5. The lowest BCUT2D eigenvalue weighted by Crippen LogP contribution is -2.50. The van der Waals surface area contributed by atoms with Gasteiger partial charge < -0.3 is 9.64 Å². The van der Waals surface area contributed by atoms with Gasteiger partial charge in [-0.2, -0.15) is 0 Å². The lowest BCUT2D eigenvalue weighted by Gasteiger charge is -2.37. The molecule has 0 spiro atoms. The van der Waals surface area contributed by atoms with Crippen LogP contribution in [0, 0.1) is 6.92 Å². The largest absolute Gasteiger partial charge is 0.379 e. The summed E-state index contributed by atoms with van der Waals surface area (Å²) in [7, 11) is 0. The first kappa shape index (κ1) is 16.4.